The van der Waals surface area contributed by atoms with Crippen LogP contribution in [0.4, 0.5) is 20.6 Å². The van der Waals surface area contributed by atoms with Crippen molar-refractivity contribution >= 4 is 17.5 Å². The number of hydrogen-bond acceptors (Lipinski definition) is 3. The van der Waals surface area contributed by atoms with Gasteiger partial charge in [0.05, 0.1) is 5.69 Å². The first-order valence-electron chi connectivity index (χ1n) is 6.42. The fourth-order valence-electron chi connectivity index (χ4n) is 2.08. The fourth-order valence-corrected chi connectivity index (χ4v) is 2.08. The van der Waals surface area contributed by atoms with Crippen LogP contribution in [0.2, 0.25) is 0 Å². The number of benzene rings is 1. The third-order valence-electron chi connectivity index (χ3n) is 2.80. The fraction of sp³-hybridized carbons (Fsp3) is 0.500. The van der Waals surface area contributed by atoms with Crippen molar-refractivity contribution in [1.29, 1.82) is 0 Å². The van der Waals surface area contributed by atoms with Crippen molar-refractivity contribution < 1.29 is 13.9 Å². The van der Waals surface area contributed by atoms with Crippen LogP contribution in [-0.4, -0.2) is 18.2 Å². The Labute approximate surface area is 112 Å². The summed E-state index contributed by atoms with van der Waals surface area (Å²) in [7, 11) is 0. The van der Waals surface area contributed by atoms with Gasteiger partial charge in [-0.1, -0.05) is 0 Å². The Morgan fingerprint density at radius 1 is 1.42 bits per heavy atom. The Bertz CT molecular complexity index is 495. The van der Waals surface area contributed by atoms with Crippen LogP contribution in [0, 0.1) is 5.82 Å². The molecule has 4 nitrogen and oxygen atoms in total. The number of anilines is 2. The lowest BCUT2D eigenvalue weighted by molar-refractivity contribution is 0.0636. The van der Waals surface area contributed by atoms with Crippen LogP contribution < -0.4 is 10.6 Å². The molecule has 2 rings (SSSR count). The maximum Gasteiger partial charge on any atom is 0.412 e. The zero-order valence-corrected chi connectivity index (χ0v) is 11.5. The first-order valence-corrected chi connectivity index (χ1v) is 6.42. The molecule has 1 aliphatic rings. The Morgan fingerprint density at radius 3 is 2.84 bits per heavy atom. The Hall–Kier alpha value is -1.78. The van der Waals surface area contributed by atoms with Gasteiger partial charge in [0.2, 0.25) is 0 Å². The Balaban J connectivity index is 2.19. The van der Waals surface area contributed by atoms with E-state index in [2.05, 4.69) is 10.6 Å². The lowest BCUT2D eigenvalue weighted by Crippen LogP contribution is -2.28. The van der Waals surface area contributed by atoms with Crippen LogP contribution in [0.3, 0.4) is 0 Å². The highest BCUT2D eigenvalue weighted by Gasteiger charge is 2.20. The molecule has 0 radical (unpaired) electrons. The average Bonchev–Trinajstić information content (AvgIpc) is 2.31. The number of hydrogen-bond donors (Lipinski definition) is 2. The summed E-state index contributed by atoms with van der Waals surface area (Å²) in [5.74, 6) is -0.288. The van der Waals surface area contributed by atoms with Crippen molar-refractivity contribution in [3.63, 3.8) is 0 Å². The van der Waals surface area contributed by atoms with E-state index in [1.807, 2.05) is 0 Å². The Kier molecular flexibility index (Phi) is 3.64. The first kappa shape index (κ1) is 13.6. The molecule has 0 unspecified atom stereocenters. The van der Waals surface area contributed by atoms with Crippen molar-refractivity contribution in [1.82, 2.24) is 0 Å². The molecule has 1 amide bonds. The van der Waals surface area contributed by atoms with Crippen LogP contribution in [0.5, 0.6) is 0 Å². The predicted molar refractivity (Wildman–Crippen MR) is 73.1 cm³/mol. The summed E-state index contributed by atoms with van der Waals surface area (Å²) in [5, 5.41) is 5.71. The average molecular weight is 266 g/mol. The molecule has 1 aromatic carbocycles. The molecule has 0 aromatic heterocycles. The minimum atomic E-state index is -0.553. The third-order valence-corrected chi connectivity index (χ3v) is 2.80. The van der Waals surface area contributed by atoms with Gasteiger partial charge < -0.3 is 10.1 Å². The van der Waals surface area contributed by atoms with Gasteiger partial charge in [-0.15, -0.1) is 0 Å². The van der Waals surface area contributed by atoms with Gasteiger partial charge in [-0.2, -0.15) is 0 Å². The number of nitrogens with one attached hydrogen (secondary N) is 2. The number of ether oxygens (including phenoxy) is 1. The summed E-state index contributed by atoms with van der Waals surface area (Å²) in [4.78, 5) is 11.8. The van der Waals surface area contributed by atoms with Crippen molar-refractivity contribution in [2.75, 3.05) is 17.2 Å². The lowest BCUT2D eigenvalue weighted by atomic mass is 10.0. The van der Waals surface area contributed by atoms with Crippen molar-refractivity contribution in [3.05, 3.63) is 23.5 Å². The minimum absolute atomic E-state index is 0.288. The summed E-state index contributed by atoms with van der Waals surface area (Å²) in [6.07, 6.45) is 1.14. The van der Waals surface area contributed by atoms with E-state index in [9.17, 15) is 9.18 Å². The Morgan fingerprint density at radius 2 is 2.16 bits per heavy atom. The van der Waals surface area contributed by atoms with E-state index < -0.39 is 11.7 Å². The summed E-state index contributed by atoms with van der Waals surface area (Å²) < 4.78 is 18.9. The van der Waals surface area contributed by atoms with Gasteiger partial charge in [0.25, 0.3) is 0 Å². The van der Waals surface area contributed by atoms with Crippen LogP contribution >= 0.6 is 0 Å². The zero-order chi connectivity index (χ0) is 14.0. The first-order chi connectivity index (χ1) is 8.87. The zero-order valence-electron chi connectivity index (χ0n) is 11.5. The molecule has 1 heterocycles. The van der Waals surface area contributed by atoms with Crippen LogP contribution in [-0.2, 0) is 11.2 Å². The molecule has 0 saturated carbocycles. The second-order valence-electron chi connectivity index (χ2n) is 5.61. The van der Waals surface area contributed by atoms with E-state index in [1.54, 1.807) is 26.8 Å². The van der Waals surface area contributed by atoms with Gasteiger partial charge >= 0.3 is 6.09 Å². The van der Waals surface area contributed by atoms with Gasteiger partial charge in [0.1, 0.15) is 11.4 Å². The van der Waals surface area contributed by atoms with Crippen molar-refractivity contribution in [2.45, 2.75) is 39.2 Å². The number of carbonyl (C=O) groups excluding carboxylic acids is 1. The molecule has 104 valence electrons. The summed E-state index contributed by atoms with van der Waals surface area (Å²) in [6, 6.07) is 2.93. The van der Waals surface area contributed by atoms with Gasteiger partial charge in [-0.3, -0.25) is 5.32 Å². The molecule has 5 heteroatoms. The number of halogens is 1. The van der Waals surface area contributed by atoms with Gasteiger partial charge in [0.15, 0.2) is 0 Å². The third kappa shape index (κ3) is 3.36. The van der Waals surface area contributed by atoms with Crippen LogP contribution in [0.15, 0.2) is 12.1 Å². The lowest BCUT2D eigenvalue weighted by Gasteiger charge is -2.23. The van der Waals surface area contributed by atoms with Gasteiger partial charge in [-0.05, 0) is 45.7 Å². The number of amides is 1. The normalized spacial score (nSPS) is 14.3. The smallest absolute Gasteiger partial charge is 0.412 e. The monoisotopic (exact) mass is 266 g/mol. The van der Waals surface area contributed by atoms with Crippen molar-refractivity contribution in [3.8, 4) is 0 Å². The molecule has 0 spiro atoms. The summed E-state index contributed by atoms with van der Waals surface area (Å²) >= 11 is 0. The van der Waals surface area contributed by atoms with E-state index in [0.29, 0.717) is 11.4 Å². The molecule has 2 N–H and O–H groups in total. The highest BCUT2D eigenvalue weighted by atomic mass is 19.1. The largest absolute Gasteiger partial charge is 0.444 e. The topological polar surface area (TPSA) is 50.4 Å². The highest BCUT2D eigenvalue weighted by molar-refractivity contribution is 5.87. The second kappa shape index (κ2) is 5.07. The molecule has 1 aromatic rings. The second-order valence-corrected chi connectivity index (χ2v) is 5.61. The van der Waals surface area contributed by atoms with E-state index in [1.165, 1.54) is 6.07 Å². The number of fused-ring (bicyclic) bond motifs is 1. The number of rotatable bonds is 1. The summed E-state index contributed by atoms with van der Waals surface area (Å²) in [6.45, 7) is 6.15. The number of carbonyl (C=O) groups is 1. The van der Waals surface area contributed by atoms with E-state index >= 15 is 0 Å². The highest BCUT2D eigenvalue weighted by Crippen LogP contribution is 2.31. The van der Waals surface area contributed by atoms with Crippen molar-refractivity contribution in [2.24, 2.45) is 0 Å². The molecule has 0 bridgehead atoms. The maximum atomic E-state index is 13.7. The SMILES string of the molecule is CC(C)(C)OC(=O)Nc1ccc(F)c2c1CCCN2. The molecule has 0 atom stereocenters. The predicted octanol–water partition coefficient (Wildman–Crippen LogP) is 3.53. The molecular weight excluding hydrogens is 247 g/mol. The minimum Gasteiger partial charge on any atom is -0.444 e. The molecular formula is C14H19FN2O2. The van der Waals surface area contributed by atoms with Gasteiger partial charge in [-0.25, -0.2) is 9.18 Å². The molecule has 0 fully saturated rings. The molecule has 0 saturated heterocycles. The van der Waals surface area contributed by atoms with E-state index in [4.69, 9.17) is 4.74 Å². The van der Waals surface area contributed by atoms with E-state index in [0.717, 1.165) is 24.9 Å². The standard InChI is InChI=1S/C14H19FN2O2/c1-14(2,3)19-13(18)17-11-7-6-10(15)12-9(11)5-4-8-16-12/h6-7,16H,4-5,8H2,1-3H3,(H,17,18). The molecule has 19 heavy (non-hydrogen) atoms. The van der Waals surface area contributed by atoms with Crippen LogP contribution in [0.1, 0.15) is 32.8 Å². The molecule has 1 aliphatic heterocycles. The van der Waals surface area contributed by atoms with Crippen LogP contribution in [0.25, 0.3) is 0 Å². The van der Waals surface area contributed by atoms with Gasteiger partial charge in [0, 0.05) is 17.8 Å². The van der Waals surface area contributed by atoms with E-state index in [-0.39, 0.29) is 5.82 Å². The molecule has 0 aliphatic carbocycles. The maximum absolute atomic E-state index is 13.7. The summed E-state index contributed by atoms with van der Waals surface area (Å²) in [5.41, 5.74) is 1.34. The quantitative estimate of drug-likeness (QED) is 0.817.